The molecule has 0 aliphatic carbocycles. The standard InChI is InChI=1S/C25H44N4O3/c1-4-26-25(27-14-9-16-31-21-22-12-17-30-18-13-22)28-20-23-10-7-8-11-24(23)32-19-15-29(5-2)6-3/h7-8,10-11,22H,4-6,9,12-21H2,1-3H3,(H2,26,27,28). The Morgan fingerprint density at radius 2 is 1.88 bits per heavy atom. The Morgan fingerprint density at radius 3 is 2.62 bits per heavy atom. The van der Waals surface area contributed by atoms with Crippen LogP contribution >= 0.6 is 0 Å². The molecule has 7 heteroatoms. The van der Waals surface area contributed by atoms with Gasteiger partial charge in [-0.05, 0) is 51.3 Å². The van der Waals surface area contributed by atoms with Crippen LogP contribution in [0.4, 0.5) is 0 Å². The Balaban J connectivity index is 1.73. The first kappa shape index (κ1) is 26.4. The molecule has 1 aliphatic heterocycles. The first-order valence-corrected chi connectivity index (χ1v) is 12.4. The number of hydrogen-bond acceptors (Lipinski definition) is 5. The van der Waals surface area contributed by atoms with Crippen LogP contribution in [0.3, 0.4) is 0 Å². The highest BCUT2D eigenvalue weighted by Crippen LogP contribution is 2.19. The summed E-state index contributed by atoms with van der Waals surface area (Å²) in [7, 11) is 0. The number of rotatable bonds is 15. The molecule has 1 fully saturated rings. The monoisotopic (exact) mass is 448 g/mol. The van der Waals surface area contributed by atoms with Crippen LogP contribution in [0.15, 0.2) is 29.3 Å². The minimum absolute atomic E-state index is 0.580. The Hall–Kier alpha value is -1.83. The predicted molar refractivity (Wildman–Crippen MR) is 132 cm³/mol. The maximum atomic E-state index is 6.06. The Labute approximate surface area is 194 Å². The average molecular weight is 449 g/mol. The summed E-state index contributed by atoms with van der Waals surface area (Å²) < 4.78 is 17.3. The summed E-state index contributed by atoms with van der Waals surface area (Å²) in [5, 5.41) is 6.74. The van der Waals surface area contributed by atoms with Crippen molar-refractivity contribution in [3.63, 3.8) is 0 Å². The van der Waals surface area contributed by atoms with Gasteiger partial charge in [0.15, 0.2) is 5.96 Å². The third-order valence-corrected chi connectivity index (χ3v) is 5.74. The van der Waals surface area contributed by atoms with Crippen LogP contribution in [0.25, 0.3) is 0 Å². The molecule has 32 heavy (non-hydrogen) atoms. The number of aliphatic imine (C=N–C) groups is 1. The van der Waals surface area contributed by atoms with E-state index >= 15 is 0 Å². The number of nitrogens with zero attached hydrogens (tertiary/aromatic N) is 2. The summed E-state index contributed by atoms with van der Waals surface area (Å²) >= 11 is 0. The molecule has 182 valence electrons. The van der Waals surface area contributed by atoms with E-state index in [1.165, 1.54) is 0 Å². The van der Waals surface area contributed by atoms with E-state index < -0.39 is 0 Å². The normalized spacial score (nSPS) is 15.2. The van der Waals surface area contributed by atoms with Crippen LogP contribution in [0.2, 0.25) is 0 Å². The van der Waals surface area contributed by atoms with Gasteiger partial charge in [0.05, 0.1) is 6.54 Å². The second-order valence-corrected chi connectivity index (χ2v) is 8.09. The maximum Gasteiger partial charge on any atom is 0.191 e. The highest BCUT2D eigenvalue weighted by atomic mass is 16.5. The first-order valence-electron chi connectivity index (χ1n) is 12.4. The summed E-state index contributed by atoms with van der Waals surface area (Å²) in [6.45, 7) is 15.8. The Bertz CT molecular complexity index is 631. The molecule has 0 aromatic heterocycles. The van der Waals surface area contributed by atoms with E-state index in [4.69, 9.17) is 19.2 Å². The van der Waals surface area contributed by atoms with E-state index in [9.17, 15) is 0 Å². The quantitative estimate of drug-likeness (QED) is 0.244. The Kier molecular flexibility index (Phi) is 13.8. The third-order valence-electron chi connectivity index (χ3n) is 5.74. The van der Waals surface area contributed by atoms with Crippen molar-refractivity contribution in [2.75, 3.05) is 65.8 Å². The van der Waals surface area contributed by atoms with Gasteiger partial charge in [0, 0.05) is 51.6 Å². The third kappa shape index (κ3) is 10.7. The summed E-state index contributed by atoms with van der Waals surface area (Å²) in [6.07, 6.45) is 3.20. The first-order chi connectivity index (χ1) is 15.8. The molecule has 0 unspecified atom stereocenters. The van der Waals surface area contributed by atoms with E-state index in [1.807, 2.05) is 18.2 Å². The molecule has 1 aromatic rings. The number of guanidine groups is 1. The molecule has 1 aromatic carbocycles. The maximum absolute atomic E-state index is 6.06. The SMILES string of the molecule is CCNC(=NCc1ccccc1OCCN(CC)CC)NCCCOCC1CCOCC1. The van der Waals surface area contributed by atoms with Gasteiger partial charge < -0.3 is 29.7 Å². The lowest BCUT2D eigenvalue weighted by molar-refractivity contribution is 0.0203. The van der Waals surface area contributed by atoms with Crippen molar-refractivity contribution in [2.45, 2.75) is 46.6 Å². The summed E-state index contributed by atoms with van der Waals surface area (Å²) in [5.74, 6) is 2.40. The van der Waals surface area contributed by atoms with Crippen molar-refractivity contribution in [2.24, 2.45) is 10.9 Å². The van der Waals surface area contributed by atoms with Gasteiger partial charge in [-0.3, -0.25) is 0 Å². The minimum atomic E-state index is 0.580. The lowest BCUT2D eigenvalue weighted by Gasteiger charge is -2.21. The molecule has 0 bridgehead atoms. The van der Waals surface area contributed by atoms with Crippen LogP contribution < -0.4 is 15.4 Å². The number of ether oxygens (including phenoxy) is 3. The molecular formula is C25H44N4O3. The second-order valence-electron chi connectivity index (χ2n) is 8.09. The smallest absolute Gasteiger partial charge is 0.191 e. The van der Waals surface area contributed by atoms with Gasteiger partial charge in [-0.2, -0.15) is 0 Å². The van der Waals surface area contributed by atoms with Crippen LogP contribution in [-0.4, -0.2) is 76.6 Å². The van der Waals surface area contributed by atoms with Gasteiger partial charge in [0.2, 0.25) is 0 Å². The van der Waals surface area contributed by atoms with Gasteiger partial charge in [-0.15, -0.1) is 0 Å². The lowest BCUT2D eigenvalue weighted by Crippen LogP contribution is -2.38. The van der Waals surface area contributed by atoms with E-state index in [-0.39, 0.29) is 0 Å². The molecule has 7 nitrogen and oxygen atoms in total. The van der Waals surface area contributed by atoms with Gasteiger partial charge in [0.1, 0.15) is 12.4 Å². The van der Waals surface area contributed by atoms with E-state index in [2.05, 4.69) is 42.4 Å². The zero-order chi connectivity index (χ0) is 22.9. The van der Waals surface area contributed by atoms with Crippen molar-refractivity contribution < 1.29 is 14.2 Å². The molecule has 0 spiro atoms. The van der Waals surface area contributed by atoms with Crippen LogP contribution in [0.1, 0.15) is 45.6 Å². The molecule has 1 heterocycles. The zero-order valence-corrected chi connectivity index (χ0v) is 20.4. The predicted octanol–water partition coefficient (Wildman–Crippen LogP) is 3.30. The molecule has 2 rings (SSSR count). The number of para-hydroxylation sites is 1. The van der Waals surface area contributed by atoms with E-state index in [0.717, 1.165) is 95.7 Å². The molecule has 0 atom stereocenters. The van der Waals surface area contributed by atoms with E-state index in [1.54, 1.807) is 0 Å². The van der Waals surface area contributed by atoms with Gasteiger partial charge in [-0.1, -0.05) is 32.0 Å². The summed E-state index contributed by atoms with van der Waals surface area (Å²) in [6, 6.07) is 8.18. The van der Waals surface area contributed by atoms with Gasteiger partial charge >= 0.3 is 0 Å². The van der Waals surface area contributed by atoms with Crippen molar-refractivity contribution in [1.82, 2.24) is 15.5 Å². The highest BCUT2D eigenvalue weighted by Gasteiger charge is 2.13. The fourth-order valence-corrected chi connectivity index (χ4v) is 3.65. The molecule has 1 saturated heterocycles. The van der Waals surface area contributed by atoms with Crippen LogP contribution in [-0.2, 0) is 16.0 Å². The largest absolute Gasteiger partial charge is 0.492 e. The van der Waals surface area contributed by atoms with Gasteiger partial charge in [-0.25, -0.2) is 4.99 Å². The van der Waals surface area contributed by atoms with E-state index in [0.29, 0.717) is 19.1 Å². The Morgan fingerprint density at radius 1 is 1.09 bits per heavy atom. The fourth-order valence-electron chi connectivity index (χ4n) is 3.65. The number of hydrogen-bond donors (Lipinski definition) is 2. The topological polar surface area (TPSA) is 67.4 Å². The molecular weight excluding hydrogens is 404 g/mol. The molecule has 1 aliphatic rings. The van der Waals surface area contributed by atoms with Gasteiger partial charge in [0.25, 0.3) is 0 Å². The highest BCUT2D eigenvalue weighted by molar-refractivity contribution is 5.79. The summed E-state index contributed by atoms with van der Waals surface area (Å²) in [5.41, 5.74) is 1.10. The fraction of sp³-hybridized carbons (Fsp3) is 0.720. The molecule has 0 saturated carbocycles. The molecule has 0 amide bonds. The minimum Gasteiger partial charge on any atom is -0.492 e. The zero-order valence-electron chi connectivity index (χ0n) is 20.4. The number of benzene rings is 1. The number of nitrogens with one attached hydrogen (secondary N) is 2. The van der Waals surface area contributed by atoms with Crippen molar-refractivity contribution in [3.05, 3.63) is 29.8 Å². The van der Waals surface area contributed by atoms with Crippen LogP contribution in [0, 0.1) is 5.92 Å². The molecule has 2 N–H and O–H groups in total. The second kappa shape index (κ2) is 16.8. The lowest BCUT2D eigenvalue weighted by atomic mass is 10.0. The van der Waals surface area contributed by atoms with Crippen molar-refractivity contribution in [1.29, 1.82) is 0 Å². The molecule has 0 radical (unpaired) electrons. The van der Waals surface area contributed by atoms with Crippen molar-refractivity contribution >= 4 is 5.96 Å². The number of likely N-dealkylation sites (N-methyl/N-ethyl adjacent to an activating group) is 1. The van der Waals surface area contributed by atoms with Crippen LogP contribution in [0.5, 0.6) is 5.75 Å². The average Bonchev–Trinajstić information content (AvgIpc) is 2.83. The summed E-state index contributed by atoms with van der Waals surface area (Å²) in [4.78, 5) is 7.12. The van der Waals surface area contributed by atoms with Crippen molar-refractivity contribution in [3.8, 4) is 5.75 Å².